The van der Waals surface area contributed by atoms with E-state index < -0.39 is 23.9 Å². The maximum atomic E-state index is 14.4. The number of Topliss-reactive ketones (excluding diaryl/α,β-unsaturated/α-hetero) is 2. The molecule has 0 aliphatic heterocycles. The number of carbonyl (C=O) groups is 3. The molecule has 194 valence electrons. The Morgan fingerprint density at radius 3 is 2.53 bits per heavy atom. The fourth-order valence-electron chi connectivity index (χ4n) is 4.86. The van der Waals surface area contributed by atoms with E-state index in [-0.39, 0.29) is 36.6 Å². The summed E-state index contributed by atoms with van der Waals surface area (Å²) in [6.45, 7) is 3.02. The lowest BCUT2D eigenvalue weighted by Crippen LogP contribution is -2.32. The molecule has 1 aliphatic carbocycles. The van der Waals surface area contributed by atoms with Crippen LogP contribution in [0.25, 0.3) is 22.0 Å². The van der Waals surface area contributed by atoms with Crippen molar-refractivity contribution in [1.82, 2.24) is 24.7 Å². The average molecular weight is 579 g/mol. The second-order valence-corrected chi connectivity index (χ2v) is 10.2. The summed E-state index contributed by atoms with van der Waals surface area (Å²) in [5, 5.41) is 7.70. The number of hydrogen-bond donors (Lipinski definition) is 1. The van der Waals surface area contributed by atoms with Crippen LogP contribution in [0.3, 0.4) is 0 Å². The first kappa shape index (κ1) is 25.8. The van der Waals surface area contributed by atoms with Crippen LogP contribution < -0.4 is 5.32 Å². The van der Waals surface area contributed by atoms with Gasteiger partial charge in [-0.1, -0.05) is 12.1 Å². The number of benzene rings is 1. The first-order valence-electron chi connectivity index (χ1n) is 12.1. The summed E-state index contributed by atoms with van der Waals surface area (Å²) in [6, 6.07) is 10.5. The van der Waals surface area contributed by atoms with Crippen molar-refractivity contribution in [1.29, 1.82) is 0 Å². The maximum Gasteiger partial charge on any atom is 0.229 e. The highest BCUT2D eigenvalue weighted by Gasteiger charge is 2.43. The van der Waals surface area contributed by atoms with E-state index in [1.54, 1.807) is 43.6 Å². The van der Waals surface area contributed by atoms with Crippen LogP contribution in [-0.2, 0) is 16.1 Å². The van der Waals surface area contributed by atoms with E-state index in [9.17, 15) is 18.8 Å². The van der Waals surface area contributed by atoms with Gasteiger partial charge in [0, 0.05) is 36.2 Å². The lowest BCUT2D eigenvalue weighted by Gasteiger charge is -2.18. The number of fused-ring (bicyclic) bond motifs is 1. The van der Waals surface area contributed by atoms with Crippen LogP contribution in [0.15, 0.2) is 53.4 Å². The molecule has 3 heterocycles. The molecular formula is C27H24BrFN6O3. The van der Waals surface area contributed by atoms with Gasteiger partial charge >= 0.3 is 0 Å². The van der Waals surface area contributed by atoms with Crippen molar-refractivity contribution in [2.75, 3.05) is 5.32 Å². The fraction of sp³-hybridized carbons (Fsp3) is 0.296. The Morgan fingerprint density at radius 1 is 1.08 bits per heavy atom. The van der Waals surface area contributed by atoms with E-state index >= 15 is 0 Å². The molecule has 1 N–H and O–H groups in total. The molecule has 1 saturated carbocycles. The number of aromatic nitrogens is 5. The number of nitrogens with zero attached hydrogens (tertiary/aromatic N) is 5. The largest absolute Gasteiger partial charge is 0.310 e. The molecule has 9 nitrogen and oxygen atoms in total. The van der Waals surface area contributed by atoms with Crippen LogP contribution in [-0.4, -0.2) is 48.4 Å². The average Bonchev–Trinajstić information content (AvgIpc) is 3.45. The van der Waals surface area contributed by atoms with E-state index in [0.29, 0.717) is 27.1 Å². The van der Waals surface area contributed by atoms with Gasteiger partial charge in [-0.2, -0.15) is 5.10 Å². The molecule has 3 atom stereocenters. The highest BCUT2D eigenvalue weighted by Crippen LogP contribution is 2.36. The van der Waals surface area contributed by atoms with Crippen molar-refractivity contribution >= 4 is 50.1 Å². The van der Waals surface area contributed by atoms with Crippen molar-refractivity contribution in [3.05, 3.63) is 64.9 Å². The second kappa shape index (κ2) is 10.5. The minimum absolute atomic E-state index is 0.0425. The third-order valence-electron chi connectivity index (χ3n) is 6.73. The topological polar surface area (TPSA) is 120 Å². The molecule has 0 bridgehead atoms. The Morgan fingerprint density at radius 2 is 1.82 bits per heavy atom. The molecule has 4 aromatic rings. The van der Waals surface area contributed by atoms with Crippen molar-refractivity contribution in [2.45, 2.75) is 39.4 Å². The van der Waals surface area contributed by atoms with Crippen LogP contribution in [0.1, 0.15) is 36.1 Å². The van der Waals surface area contributed by atoms with Crippen LogP contribution in [0.5, 0.6) is 0 Å². The van der Waals surface area contributed by atoms with Gasteiger partial charge in [0.1, 0.15) is 34.7 Å². The highest BCUT2D eigenvalue weighted by atomic mass is 79.9. The van der Waals surface area contributed by atoms with Gasteiger partial charge in [0.2, 0.25) is 5.91 Å². The minimum atomic E-state index is -1.27. The van der Waals surface area contributed by atoms with Crippen LogP contribution >= 0.6 is 15.9 Å². The zero-order chi connectivity index (χ0) is 27.0. The molecule has 1 aromatic carbocycles. The number of rotatable bonds is 7. The molecule has 2 unspecified atom stereocenters. The quantitative estimate of drug-likeness (QED) is 0.248. The van der Waals surface area contributed by atoms with Crippen molar-refractivity contribution in [2.24, 2.45) is 11.8 Å². The Kier molecular flexibility index (Phi) is 7.11. The Labute approximate surface area is 226 Å². The molecule has 38 heavy (non-hydrogen) atoms. The number of halogens is 2. The van der Waals surface area contributed by atoms with E-state index in [4.69, 9.17) is 0 Å². The highest BCUT2D eigenvalue weighted by molar-refractivity contribution is 9.10. The van der Waals surface area contributed by atoms with Gasteiger partial charge in [-0.25, -0.2) is 19.3 Å². The van der Waals surface area contributed by atoms with E-state index in [0.717, 1.165) is 11.1 Å². The number of aryl methyl sites for hydroxylation is 1. The van der Waals surface area contributed by atoms with Gasteiger partial charge < -0.3 is 5.32 Å². The molecule has 1 fully saturated rings. The lowest BCUT2D eigenvalue weighted by atomic mass is 9.91. The number of hydrogen-bond acceptors (Lipinski definition) is 7. The van der Waals surface area contributed by atoms with Gasteiger partial charge in [0.25, 0.3) is 0 Å². The van der Waals surface area contributed by atoms with Crippen molar-refractivity contribution in [3.8, 4) is 11.1 Å². The summed E-state index contributed by atoms with van der Waals surface area (Å²) in [5.41, 5.74) is 2.41. The van der Waals surface area contributed by atoms with Crippen molar-refractivity contribution < 1.29 is 18.8 Å². The summed E-state index contributed by atoms with van der Waals surface area (Å²) in [5.74, 6) is -1.70. The first-order valence-corrected chi connectivity index (χ1v) is 12.9. The van der Waals surface area contributed by atoms with Crippen LogP contribution in [0.2, 0.25) is 0 Å². The van der Waals surface area contributed by atoms with Gasteiger partial charge in [0.15, 0.2) is 11.6 Å². The molecule has 0 spiro atoms. The molecule has 1 amide bonds. The minimum Gasteiger partial charge on any atom is -0.310 e. The molecule has 3 aromatic heterocycles. The van der Waals surface area contributed by atoms with E-state index in [1.807, 2.05) is 12.1 Å². The standard InChI is InChI=1S/C27H24BrFN6O3/c1-14(36)26-21-8-16(17-11-30-15(2)31-12-17)6-7-22(21)35(34-26)13-23(37)19-9-18(29)10-20(19)27(38)33-25-5-3-4-24(28)32-25/h3-8,11-12,18-20H,9-10,13H2,1-2H3,(H,32,33,38)/t18-,19?,20?/m0/s1. The molecule has 5 rings (SSSR count). The smallest absolute Gasteiger partial charge is 0.229 e. The zero-order valence-corrected chi connectivity index (χ0v) is 22.3. The number of ketones is 2. The summed E-state index contributed by atoms with van der Waals surface area (Å²) < 4.78 is 16.4. The summed E-state index contributed by atoms with van der Waals surface area (Å²) >= 11 is 3.25. The van der Waals surface area contributed by atoms with Crippen LogP contribution in [0, 0.1) is 18.8 Å². The molecule has 1 aliphatic rings. The molecule has 11 heteroatoms. The number of carbonyl (C=O) groups excluding carboxylic acids is 3. The predicted molar refractivity (Wildman–Crippen MR) is 142 cm³/mol. The Hall–Kier alpha value is -3.86. The van der Waals surface area contributed by atoms with Gasteiger partial charge in [0.05, 0.1) is 11.4 Å². The summed E-state index contributed by atoms with van der Waals surface area (Å²) in [6.07, 6.45) is 2.05. The molecule has 0 saturated heterocycles. The summed E-state index contributed by atoms with van der Waals surface area (Å²) in [7, 11) is 0. The monoisotopic (exact) mass is 578 g/mol. The number of nitrogens with one attached hydrogen (secondary N) is 1. The van der Waals surface area contributed by atoms with Gasteiger partial charge in [-0.3, -0.25) is 19.1 Å². The van der Waals surface area contributed by atoms with E-state index in [2.05, 4.69) is 41.3 Å². The van der Waals surface area contributed by atoms with E-state index in [1.165, 1.54) is 11.6 Å². The lowest BCUT2D eigenvalue weighted by molar-refractivity contribution is -0.130. The third-order valence-corrected chi connectivity index (χ3v) is 7.17. The number of pyridine rings is 1. The Balaban J connectivity index is 1.41. The van der Waals surface area contributed by atoms with Gasteiger partial charge in [-0.15, -0.1) is 0 Å². The number of alkyl halides is 1. The van der Waals surface area contributed by atoms with Gasteiger partial charge in [-0.05, 0) is 65.5 Å². The fourth-order valence-corrected chi connectivity index (χ4v) is 5.21. The molecular weight excluding hydrogens is 555 g/mol. The maximum absolute atomic E-state index is 14.4. The third kappa shape index (κ3) is 5.24. The predicted octanol–water partition coefficient (Wildman–Crippen LogP) is 4.73. The van der Waals surface area contributed by atoms with Crippen molar-refractivity contribution in [3.63, 3.8) is 0 Å². The summed E-state index contributed by atoms with van der Waals surface area (Å²) in [4.78, 5) is 51.4. The molecule has 0 radical (unpaired) electrons. The number of anilines is 1. The second-order valence-electron chi connectivity index (χ2n) is 9.40. The number of amides is 1. The zero-order valence-electron chi connectivity index (χ0n) is 20.7. The van der Waals surface area contributed by atoms with Crippen LogP contribution in [0.4, 0.5) is 10.2 Å². The Bertz CT molecular complexity index is 1550. The normalized spacial score (nSPS) is 19.0. The first-order chi connectivity index (χ1) is 18.2. The SMILES string of the molecule is CC(=O)c1nn(CC(=O)C2C[C@H](F)CC2C(=O)Nc2cccc(Br)n2)c2ccc(-c3cnc(C)nc3)cc12.